The number of likely N-dealkylation sites (N-methyl/N-ethyl adjacent to an activating group) is 1. The topological polar surface area (TPSA) is 53.4 Å². The molecule has 0 saturated carbocycles. The van der Waals surface area contributed by atoms with Crippen LogP contribution in [0.1, 0.15) is 19.8 Å². The highest BCUT2D eigenvalue weighted by molar-refractivity contribution is 5.43. The Bertz CT molecular complexity index is 493. The molecule has 2 heterocycles. The van der Waals surface area contributed by atoms with E-state index < -0.39 is 0 Å². The molecule has 1 aromatic rings. The Kier molecular flexibility index (Phi) is 5.76. The van der Waals surface area contributed by atoms with E-state index in [1.807, 2.05) is 13.2 Å². The fraction of sp³-hybridized carbons (Fsp3) is 0.733. The number of hydrogen-bond acceptors (Lipinski definition) is 5. The minimum atomic E-state index is 0.00328. The highest BCUT2D eigenvalue weighted by Crippen LogP contribution is 2.12. The fourth-order valence-corrected chi connectivity index (χ4v) is 2.52. The van der Waals surface area contributed by atoms with Crippen molar-refractivity contribution in [3.63, 3.8) is 0 Å². The second-order valence-electron chi connectivity index (χ2n) is 5.90. The number of nitrogens with one attached hydrogen (secondary N) is 1. The zero-order chi connectivity index (χ0) is 15.2. The quantitative estimate of drug-likeness (QED) is 0.822. The van der Waals surface area contributed by atoms with Crippen molar-refractivity contribution < 1.29 is 0 Å². The van der Waals surface area contributed by atoms with Gasteiger partial charge in [-0.2, -0.15) is 5.10 Å². The maximum atomic E-state index is 12.1. The second kappa shape index (κ2) is 7.56. The molecule has 0 spiro atoms. The first-order valence-corrected chi connectivity index (χ1v) is 7.78. The van der Waals surface area contributed by atoms with Gasteiger partial charge < -0.3 is 15.1 Å². The maximum absolute atomic E-state index is 12.1. The Balaban J connectivity index is 1.93. The molecule has 0 aromatic carbocycles. The summed E-state index contributed by atoms with van der Waals surface area (Å²) in [5.74, 6) is 0. The van der Waals surface area contributed by atoms with Gasteiger partial charge in [-0.3, -0.25) is 4.79 Å². The molecule has 6 heteroatoms. The second-order valence-corrected chi connectivity index (χ2v) is 5.90. The van der Waals surface area contributed by atoms with Gasteiger partial charge in [0.1, 0.15) is 0 Å². The van der Waals surface area contributed by atoms with E-state index in [1.54, 1.807) is 10.7 Å². The number of hydrogen-bond donors (Lipinski definition) is 1. The van der Waals surface area contributed by atoms with Gasteiger partial charge in [-0.25, -0.2) is 4.68 Å². The van der Waals surface area contributed by atoms with E-state index in [-0.39, 0.29) is 5.56 Å². The van der Waals surface area contributed by atoms with Gasteiger partial charge >= 0.3 is 0 Å². The highest BCUT2D eigenvalue weighted by Gasteiger charge is 2.15. The summed E-state index contributed by atoms with van der Waals surface area (Å²) in [6.45, 7) is 6.82. The van der Waals surface area contributed by atoms with Crippen LogP contribution in [0.4, 0.5) is 5.69 Å². The molecule has 0 bridgehead atoms. The van der Waals surface area contributed by atoms with Crippen LogP contribution in [0.2, 0.25) is 0 Å². The molecule has 1 saturated heterocycles. The first kappa shape index (κ1) is 16.0. The molecule has 1 aliphatic rings. The molecule has 1 aromatic heterocycles. The third-order valence-corrected chi connectivity index (χ3v) is 4.22. The molecule has 2 rings (SSSR count). The maximum Gasteiger partial charge on any atom is 0.268 e. The van der Waals surface area contributed by atoms with Gasteiger partial charge in [-0.15, -0.1) is 0 Å². The molecule has 0 radical (unpaired) electrons. The molecule has 1 atom stereocenters. The van der Waals surface area contributed by atoms with Crippen molar-refractivity contribution in [3.8, 4) is 0 Å². The summed E-state index contributed by atoms with van der Waals surface area (Å²) in [7, 11) is 4.08. The number of aryl methyl sites for hydroxylation is 1. The molecular formula is C15H27N5O. The lowest BCUT2D eigenvalue weighted by atomic mass is 10.2. The highest BCUT2D eigenvalue weighted by atomic mass is 16.1. The van der Waals surface area contributed by atoms with Gasteiger partial charge in [-0.05, 0) is 33.9 Å². The third kappa shape index (κ3) is 4.54. The predicted octanol–water partition coefficient (Wildman–Crippen LogP) is 0.383. The van der Waals surface area contributed by atoms with E-state index in [1.165, 1.54) is 0 Å². The van der Waals surface area contributed by atoms with Crippen LogP contribution in [0.25, 0.3) is 0 Å². The number of aromatic nitrogens is 2. The lowest BCUT2D eigenvalue weighted by Crippen LogP contribution is -2.45. The first-order chi connectivity index (χ1) is 10.1. The average Bonchev–Trinajstić information content (AvgIpc) is 2.49. The summed E-state index contributed by atoms with van der Waals surface area (Å²) in [5.41, 5.74) is 0.955. The van der Waals surface area contributed by atoms with Crippen molar-refractivity contribution in [3.05, 3.63) is 22.6 Å². The van der Waals surface area contributed by atoms with Crippen LogP contribution < -0.4 is 15.8 Å². The Hall–Kier alpha value is -1.40. The molecule has 1 N–H and O–H groups in total. The summed E-state index contributed by atoms with van der Waals surface area (Å²) in [5, 5.41) is 7.53. The van der Waals surface area contributed by atoms with Gasteiger partial charge in [0.25, 0.3) is 5.56 Å². The van der Waals surface area contributed by atoms with E-state index >= 15 is 0 Å². The van der Waals surface area contributed by atoms with Crippen molar-refractivity contribution >= 4 is 5.69 Å². The van der Waals surface area contributed by atoms with Gasteiger partial charge in [0, 0.05) is 44.8 Å². The van der Waals surface area contributed by atoms with Crippen LogP contribution >= 0.6 is 0 Å². The lowest BCUT2D eigenvalue weighted by molar-refractivity contribution is 0.312. The van der Waals surface area contributed by atoms with Crippen molar-refractivity contribution in [2.24, 2.45) is 0 Å². The Morgan fingerprint density at radius 2 is 2.05 bits per heavy atom. The van der Waals surface area contributed by atoms with Crippen LogP contribution in [-0.2, 0) is 6.54 Å². The van der Waals surface area contributed by atoms with E-state index in [0.29, 0.717) is 12.6 Å². The normalized spacial score (nSPS) is 18.0. The van der Waals surface area contributed by atoms with Crippen molar-refractivity contribution in [1.82, 2.24) is 20.0 Å². The smallest absolute Gasteiger partial charge is 0.268 e. The third-order valence-electron chi connectivity index (χ3n) is 4.22. The molecule has 0 amide bonds. The van der Waals surface area contributed by atoms with Crippen LogP contribution in [-0.4, -0.2) is 61.0 Å². The van der Waals surface area contributed by atoms with Crippen LogP contribution in [0.3, 0.4) is 0 Å². The molecular weight excluding hydrogens is 266 g/mol. The molecule has 21 heavy (non-hydrogen) atoms. The number of nitrogens with zero attached hydrogens (tertiary/aromatic N) is 4. The zero-order valence-electron chi connectivity index (χ0n) is 13.4. The molecule has 118 valence electrons. The van der Waals surface area contributed by atoms with E-state index in [9.17, 15) is 4.79 Å². The Morgan fingerprint density at radius 3 is 2.67 bits per heavy atom. The molecule has 1 fully saturated rings. The van der Waals surface area contributed by atoms with Gasteiger partial charge in [-0.1, -0.05) is 0 Å². The molecule has 0 aliphatic carbocycles. The largest absolute Gasteiger partial charge is 0.368 e. The zero-order valence-corrected chi connectivity index (χ0v) is 13.4. The minimum absolute atomic E-state index is 0.00328. The predicted molar refractivity (Wildman–Crippen MR) is 86.0 cm³/mol. The monoisotopic (exact) mass is 293 g/mol. The van der Waals surface area contributed by atoms with E-state index in [4.69, 9.17) is 0 Å². The van der Waals surface area contributed by atoms with Gasteiger partial charge in [0.15, 0.2) is 0 Å². The van der Waals surface area contributed by atoms with Gasteiger partial charge in [0.2, 0.25) is 0 Å². The number of piperazine rings is 1. The van der Waals surface area contributed by atoms with Gasteiger partial charge in [0.05, 0.1) is 11.9 Å². The summed E-state index contributed by atoms with van der Waals surface area (Å²) in [6.07, 6.45) is 3.84. The number of rotatable bonds is 6. The van der Waals surface area contributed by atoms with Crippen molar-refractivity contribution in [2.75, 3.05) is 45.2 Å². The standard InChI is InChI=1S/C15H27N5O/c1-13(16-2)5-4-6-20-15(21)11-14(12-17-20)19-9-7-18(3)8-10-19/h11-13,16H,4-10H2,1-3H3. The van der Waals surface area contributed by atoms with Crippen LogP contribution in [0.15, 0.2) is 17.1 Å². The molecule has 1 aliphatic heterocycles. The number of anilines is 1. The van der Waals surface area contributed by atoms with E-state index in [0.717, 1.165) is 44.7 Å². The molecule has 6 nitrogen and oxygen atoms in total. The summed E-state index contributed by atoms with van der Waals surface area (Å²) in [6, 6.07) is 2.20. The van der Waals surface area contributed by atoms with E-state index in [2.05, 4.69) is 34.2 Å². The summed E-state index contributed by atoms with van der Waals surface area (Å²) in [4.78, 5) is 16.7. The Morgan fingerprint density at radius 1 is 1.33 bits per heavy atom. The fourth-order valence-electron chi connectivity index (χ4n) is 2.52. The Labute approximate surface area is 126 Å². The summed E-state index contributed by atoms with van der Waals surface area (Å²) >= 11 is 0. The average molecular weight is 293 g/mol. The molecule has 1 unspecified atom stereocenters. The summed E-state index contributed by atoms with van der Waals surface area (Å²) < 4.78 is 1.57. The minimum Gasteiger partial charge on any atom is -0.368 e. The SMILES string of the molecule is CNC(C)CCCn1ncc(N2CCN(C)CC2)cc1=O. The van der Waals surface area contributed by atoms with Crippen molar-refractivity contribution in [1.29, 1.82) is 0 Å². The van der Waals surface area contributed by atoms with Crippen LogP contribution in [0, 0.1) is 0 Å². The lowest BCUT2D eigenvalue weighted by Gasteiger charge is -2.33. The van der Waals surface area contributed by atoms with Crippen LogP contribution in [0.5, 0.6) is 0 Å². The first-order valence-electron chi connectivity index (χ1n) is 7.78. The van der Waals surface area contributed by atoms with Crippen molar-refractivity contribution in [2.45, 2.75) is 32.4 Å².